The average Bonchev–Trinajstić information content (AvgIpc) is 2.55. The molecule has 0 saturated heterocycles. The number of hydrogen-bond donors (Lipinski definition) is 1. The molecule has 1 nitrogen and oxygen atoms in total. The first-order valence-corrected chi connectivity index (χ1v) is 6.25. The Morgan fingerprint density at radius 1 is 1.36 bits per heavy atom. The predicted octanol–water partition coefficient (Wildman–Crippen LogP) is 2.98. The first-order valence-electron chi connectivity index (χ1n) is 6.25. The quantitative estimate of drug-likeness (QED) is 0.662. The maximum Gasteiger partial charge on any atom is 0.0136 e. The molecule has 1 heteroatoms. The molecule has 14 heavy (non-hydrogen) atoms. The molecule has 2 aliphatic carbocycles. The zero-order valence-corrected chi connectivity index (χ0v) is 9.50. The Hall–Kier alpha value is -0.300. The van der Waals surface area contributed by atoms with Gasteiger partial charge in [0.15, 0.2) is 0 Å². The molecule has 80 valence electrons. The second-order valence-electron chi connectivity index (χ2n) is 4.93. The SMILES string of the molecule is CCC(CC)CNC1CC2CC=CC21. The van der Waals surface area contributed by atoms with Crippen molar-refractivity contribution in [2.24, 2.45) is 17.8 Å². The van der Waals surface area contributed by atoms with Crippen LogP contribution in [0.4, 0.5) is 0 Å². The smallest absolute Gasteiger partial charge is 0.0136 e. The molecular weight excluding hydrogens is 170 g/mol. The summed E-state index contributed by atoms with van der Waals surface area (Å²) in [5, 5.41) is 3.74. The van der Waals surface area contributed by atoms with E-state index in [0.717, 1.165) is 23.8 Å². The zero-order chi connectivity index (χ0) is 9.97. The van der Waals surface area contributed by atoms with E-state index >= 15 is 0 Å². The molecule has 2 aliphatic rings. The van der Waals surface area contributed by atoms with Crippen molar-refractivity contribution in [1.82, 2.24) is 5.32 Å². The molecule has 0 spiro atoms. The van der Waals surface area contributed by atoms with Gasteiger partial charge in [0.2, 0.25) is 0 Å². The molecule has 3 atom stereocenters. The van der Waals surface area contributed by atoms with Gasteiger partial charge in [-0.2, -0.15) is 0 Å². The van der Waals surface area contributed by atoms with Crippen LogP contribution in [0.5, 0.6) is 0 Å². The fourth-order valence-corrected chi connectivity index (χ4v) is 2.84. The average molecular weight is 193 g/mol. The van der Waals surface area contributed by atoms with Crippen LogP contribution < -0.4 is 5.32 Å². The minimum Gasteiger partial charge on any atom is -0.313 e. The van der Waals surface area contributed by atoms with E-state index in [-0.39, 0.29) is 0 Å². The van der Waals surface area contributed by atoms with Crippen molar-refractivity contribution in [3.8, 4) is 0 Å². The standard InChI is InChI=1S/C13H23N/c1-3-10(4-2)9-14-13-8-11-6-5-7-12(11)13/h5,7,10-14H,3-4,6,8-9H2,1-2H3. The Morgan fingerprint density at radius 2 is 2.14 bits per heavy atom. The molecule has 0 radical (unpaired) electrons. The summed E-state index contributed by atoms with van der Waals surface area (Å²) < 4.78 is 0. The Bertz CT molecular complexity index is 205. The molecule has 0 bridgehead atoms. The van der Waals surface area contributed by atoms with E-state index in [1.54, 1.807) is 0 Å². The van der Waals surface area contributed by atoms with Gasteiger partial charge in [0.1, 0.15) is 0 Å². The van der Waals surface area contributed by atoms with Gasteiger partial charge in [-0.1, -0.05) is 38.8 Å². The summed E-state index contributed by atoms with van der Waals surface area (Å²) in [6.45, 7) is 5.83. The fourth-order valence-electron chi connectivity index (χ4n) is 2.84. The first-order chi connectivity index (χ1) is 6.85. The Kier molecular flexibility index (Phi) is 3.27. The summed E-state index contributed by atoms with van der Waals surface area (Å²) >= 11 is 0. The largest absolute Gasteiger partial charge is 0.313 e. The highest BCUT2D eigenvalue weighted by atomic mass is 14.9. The monoisotopic (exact) mass is 193 g/mol. The Labute approximate surface area is 88.0 Å². The van der Waals surface area contributed by atoms with Gasteiger partial charge in [0.05, 0.1) is 0 Å². The summed E-state index contributed by atoms with van der Waals surface area (Å²) in [5.74, 6) is 2.76. The van der Waals surface area contributed by atoms with Crippen molar-refractivity contribution in [3.05, 3.63) is 12.2 Å². The van der Waals surface area contributed by atoms with E-state index in [9.17, 15) is 0 Å². The number of hydrogen-bond acceptors (Lipinski definition) is 1. The number of rotatable bonds is 5. The highest BCUT2D eigenvalue weighted by molar-refractivity contribution is 5.12. The van der Waals surface area contributed by atoms with Crippen LogP contribution in [-0.2, 0) is 0 Å². The Balaban J connectivity index is 1.69. The van der Waals surface area contributed by atoms with Crippen molar-refractivity contribution >= 4 is 0 Å². The Morgan fingerprint density at radius 3 is 2.79 bits per heavy atom. The normalized spacial score (nSPS) is 34.6. The van der Waals surface area contributed by atoms with E-state index in [4.69, 9.17) is 0 Å². The van der Waals surface area contributed by atoms with E-state index in [1.165, 1.54) is 32.2 Å². The van der Waals surface area contributed by atoms with Gasteiger partial charge >= 0.3 is 0 Å². The van der Waals surface area contributed by atoms with Crippen molar-refractivity contribution in [1.29, 1.82) is 0 Å². The van der Waals surface area contributed by atoms with Crippen molar-refractivity contribution in [2.75, 3.05) is 6.54 Å². The molecule has 0 aromatic carbocycles. The lowest BCUT2D eigenvalue weighted by Gasteiger charge is -2.41. The third kappa shape index (κ3) is 1.88. The van der Waals surface area contributed by atoms with E-state index in [0.29, 0.717) is 0 Å². The zero-order valence-electron chi connectivity index (χ0n) is 9.50. The maximum absolute atomic E-state index is 3.74. The van der Waals surface area contributed by atoms with Gasteiger partial charge in [0, 0.05) is 6.04 Å². The third-order valence-electron chi connectivity index (χ3n) is 4.19. The van der Waals surface area contributed by atoms with Crippen molar-refractivity contribution < 1.29 is 0 Å². The highest BCUT2D eigenvalue weighted by Crippen LogP contribution is 2.42. The van der Waals surface area contributed by atoms with Crippen LogP contribution in [0, 0.1) is 17.8 Å². The van der Waals surface area contributed by atoms with Crippen LogP contribution >= 0.6 is 0 Å². The van der Waals surface area contributed by atoms with E-state index < -0.39 is 0 Å². The van der Waals surface area contributed by atoms with E-state index in [2.05, 4.69) is 31.3 Å². The van der Waals surface area contributed by atoms with Gasteiger partial charge in [-0.15, -0.1) is 0 Å². The minimum absolute atomic E-state index is 0.805. The summed E-state index contributed by atoms with van der Waals surface area (Å²) in [5.41, 5.74) is 0. The molecule has 0 aromatic rings. The van der Waals surface area contributed by atoms with E-state index in [1.807, 2.05) is 0 Å². The molecule has 0 heterocycles. The van der Waals surface area contributed by atoms with Gasteiger partial charge < -0.3 is 5.32 Å². The molecule has 1 saturated carbocycles. The molecular formula is C13H23N. The topological polar surface area (TPSA) is 12.0 Å². The van der Waals surface area contributed by atoms with Crippen molar-refractivity contribution in [3.63, 3.8) is 0 Å². The highest BCUT2D eigenvalue weighted by Gasteiger charge is 2.40. The molecule has 0 aromatic heterocycles. The second kappa shape index (κ2) is 4.48. The lowest BCUT2D eigenvalue weighted by atomic mass is 9.71. The number of fused-ring (bicyclic) bond motifs is 1. The number of allylic oxidation sites excluding steroid dienone is 1. The predicted molar refractivity (Wildman–Crippen MR) is 61.2 cm³/mol. The van der Waals surface area contributed by atoms with Gasteiger partial charge in [-0.3, -0.25) is 0 Å². The lowest BCUT2D eigenvalue weighted by molar-refractivity contribution is 0.157. The molecule has 3 unspecified atom stereocenters. The van der Waals surface area contributed by atoms with Crippen molar-refractivity contribution in [2.45, 2.75) is 45.6 Å². The summed E-state index contributed by atoms with van der Waals surface area (Å²) in [4.78, 5) is 0. The molecule has 1 fully saturated rings. The van der Waals surface area contributed by atoms with Crippen LogP contribution in [0.3, 0.4) is 0 Å². The first kappa shape index (κ1) is 10.2. The summed E-state index contributed by atoms with van der Waals surface area (Å²) in [7, 11) is 0. The third-order valence-corrected chi connectivity index (χ3v) is 4.19. The van der Waals surface area contributed by atoms with Gasteiger partial charge in [0.25, 0.3) is 0 Å². The molecule has 0 aliphatic heterocycles. The number of nitrogens with one attached hydrogen (secondary N) is 1. The van der Waals surface area contributed by atoms with Crippen LogP contribution in [0.2, 0.25) is 0 Å². The molecule has 2 rings (SSSR count). The molecule has 1 N–H and O–H groups in total. The summed E-state index contributed by atoms with van der Waals surface area (Å²) in [6, 6.07) is 0.805. The summed E-state index contributed by atoms with van der Waals surface area (Å²) in [6.07, 6.45) is 10.2. The second-order valence-corrected chi connectivity index (χ2v) is 4.93. The van der Waals surface area contributed by atoms with Crippen LogP contribution in [0.15, 0.2) is 12.2 Å². The van der Waals surface area contributed by atoms with Crippen LogP contribution in [0.1, 0.15) is 39.5 Å². The maximum atomic E-state index is 3.74. The van der Waals surface area contributed by atoms with Gasteiger partial charge in [-0.05, 0) is 37.1 Å². The van der Waals surface area contributed by atoms with Crippen LogP contribution in [-0.4, -0.2) is 12.6 Å². The fraction of sp³-hybridized carbons (Fsp3) is 0.846. The van der Waals surface area contributed by atoms with Crippen LogP contribution in [0.25, 0.3) is 0 Å². The molecule has 0 amide bonds. The lowest BCUT2D eigenvalue weighted by Crippen LogP contribution is -2.49. The minimum atomic E-state index is 0.805. The van der Waals surface area contributed by atoms with Gasteiger partial charge in [-0.25, -0.2) is 0 Å².